The number of carbonyl (C=O) groups is 1. The van der Waals surface area contributed by atoms with Crippen molar-refractivity contribution < 1.29 is 4.79 Å². The molecule has 1 saturated carbocycles. The largest absolute Gasteiger partial charge is 0.337 e. The van der Waals surface area contributed by atoms with Crippen LogP contribution < -0.4 is 0 Å². The number of fused-ring (bicyclic) bond motifs is 2. The predicted molar refractivity (Wildman–Crippen MR) is 87.7 cm³/mol. The lowest BCUT2D eigenvalue weighted by Crippen LogP contribution is -2.45. The summed E-state index contributed by atoms with van der Waals surface area (Å²) in [7, 11) is 0. The second-order valence-electron chi connectivity index (χ2n) is 6.73. The summed E-state index contributed by atoms with van der Waals surface area (Å²) < 4.78 is 0. The van der Waals surface area contributed by atoms with Gasteiger partial charge in [-0.3, -0.25) is 4.79 Å². The molecule has 0 radical (unpaired) electrons. The van der Waals surface area contributed by atoms with E-state index < -0.39 is 0 Å². The zero-order valence-electron chi connectivity index (χ0n) is 12.9. The Morgan fingerprint density at radius 1 is 1.00 bits per heavy atom. The molecule has 0 N–H and O–H groups in total. The Bertz CT molecular complexity index is 697. The summed E-state index contributed by atoms with van der Waals surface area (Å²) in [6, 6.07) is 11.8. The Morgan fingerprint density at radius 2 is 1.82 bits per heavy atom. The van der Waals surface area contributed by atoms with E-state index in [9.17, 15) is 4.79 Å². The van der Waals surface area contributed by atoms with Crippen LogP contribution in [0, 0.1) is 11.8 Å². The Kier molecular flexibility index (Phi) is 3.57. The van der Waals surface area contributed by atoms with Gasteiger partial charge in [0.05, 0.1) is 5.52 Å². The highest BCUT2D eigenvalue weighted by atomic mass is 16.2. The fourth-order valence-electron chi connectivity index (χ4n) is 4.13. The average molecular weight is 294 g/mol. The smallest absolute Gasteiger partial charge is 0.272 e. The molecule has 1 amide bonds. The third kappa shape index (κ3) is 2.49. The van der Waals surface area contributed by atoms with Crippen LogP contribution in [0.5, 0.6) is 0 Å². The summed E-state index contributed by atoms with van der Waals surface area (Å²) in [5.74, 6) is 1.67. The highest BCUT2D eigenvalue weighted by Gasteiger charge is 2.33. The molecule has 4 rings (SSSR count). The molecular formula is C19H22N2O. The molecule has 1 aliphatic carbocycles. The van der Waals surface area contributed by atoms with Gasteiger partial charge in [-0.1, -0.05) is 43.5 Å². The first-order chi connectivity index (χ1) is 10.8. The molecule has 1 aromatic heterocycles. The molecular weight excluding hydrogens is 272 g/mol. The topological polar surface area (TPSA) is 33.2 Å². The molecule has 2 aliphatic rings. The third-order valence-corrected chi connectivity index (χ3v) is 5.40. The van der Waals surface area contributed by atoms with E-state index in [1.165, 1.54) is 32.1 Å². The summed E-state index contributed by atoms with van der Waals surface area (Å²) in [6.45, 7) is 1.83. The third-order valence-electron chi connectivity index (χ3n) is 5.40. The summed E-state index contributed by atoms with van der Waals surface area (Å²) in [6.07, 6.45) is 6.53. The first kappa shape index (κ1) is 13.7. The van der Waals surface area contributed by atoms with Crippen molar-refractivity contribution in [2.45, 2.75) is 32.1 Å². The highest BCUT2D eigenvalue weighted by Crippen LogP contribution is 2.36. The number of rotatable bonds is 1. The summed E-state index contributed by atoms with van der Waals surface area (Å²) in [4.78, 5) is 19.4. The molecule has 1 aromatic carbocycles. The van der Waals surface area contributed by atoms with E-state index in [1.54, 1.807) is 0 Å². The number of hydrogen-bond acceptors (Lipinski definition) is 2. The number of carbonyl (C=O) groups excluding carboxylic acids is 1. The van der Waals surface area contributed by atoms with Gasteiger partial charge in [0.25, 0.3) is 5.91 Å². The van der Waals surface area contributed by atoms with Crippen LogP contribution >= 0.6 is 0 Å². The zero-order chi connectivity index (χ0) is 14.9. The lowest BCUT2D eigenvalue weighted by molar-refractivity contribution is 0.0516. The molecule has 2 atom stereocenters. The van der Waals surface area contributed by atoms with E-state index in [0.717, 1.165) is 29.9 Å². The van der Waals surface area contributed by atoms with Crippen molar-refractivity contribution in [1.82, 2.24) is 9.88 Å². The molecule has 114 valence electrons. The molecule has 2 aromatic rings. The van der Waals surface area contributed by atoms with Gasteiger partial charge in [0, 0.05) is 18.5 Å². The van der Waals surface area contributed by atoms with Gasteiger partial charge >= 0.3 is 0 Å². The maximum atomic E-state index is 12.8. The fourth-order valence-corrected chi connectivity index (χ4v) is 4.13. The number of hydrogen-bond donors (Lipinski definition) is 0. The van der Waals surface area contributed by atoms with Crippen molar-refractivity contribution in [3.63, 3.8) is 0 Å². The number of para-hydroxylation sites is 1. The molecule has 2 fully saturated rings. The fraction of sp³-hybridized carbons (Fsp3) is 0.474. The maximum absolute atomic E-state index is 12.8. The van der Waals surface area contributed by atoms with Crippen LogP contribution in [0.2, 0.25) is 0 Å². The summed E-state index contributed by atoms with van der Waals surface area (Å²) >= 11 is 0. The van der Waals surface area contributed by atoms with Gasteiger partial charge in [-0.05, 0) is 36.8 Å². The van der Waals surface area contributed by atoms with Gasteiger partial charge < -0.3 is 4.90 Å². The second kappa shape index (κ2) is 5.71. The Balaban J connectivity index is 1.55. The van der Waals surface area contributed by atoms with Crippen molar-refractivity contribution >= 4 is 16.8 Å². The van der Waals surface area contributed by atoms with Crippen LogP contribution in [0.4, 0.5) is 0 Å². The summed E-state index contributed by atoms with van der Waals surface area (Å²) in [5.41, 5.74) is 1.49. The van der Waals surface area contributed by atoms with Crippen LogP contribution in [-0.4, -0.2) is 28.9 Å². The average Bonchev–Trinajstić information content (AvgIpc) is 2.60. The molecule has 0 bridgehead atoms. The van der Waals surface area contributed by atoms with E-state index in [0.29, 0.717) is 11.6 Å². The quantitative estimate of drug-likeness (QED) is 0.799. The minimum absolute atomic E-state index is 0.106. The van der Waals surface area contributed by atoms with Crippen molar-refractivity contribution in [3.05, 3.63) is 42.1 Å². The molecule has 2 heterocycles. The van der Waals surface area contributed by atoms with Crippen molar-refractivity contribution in [1.29, 1.82) is 0 Å². The number of aromatic nitrogens is 1. The van der Waals surface area contributed by atoms with Gasteiger partial charge in [-0.15, -0.1) is 0 Å². The van der Waals surface area contributed by atoms with Gasteiger partial charge in [0.15, 0.2) is 0 Å². The van der Waals surface area contributed by atoms with Gasteiger partial charge in [-0.25, -0.2) is 4.98 Å². The maximum Gasteiger partial charge on any atom is 0.272 e. The Labute approximate surface area is 131 Å². The second-order valence-corrected chi connectivity index (χ2v) is 6.73. The zero-order valence-corrected chi connectivity index (χ0v) is 12.9. The number of piperidine rings is 1. The SMILES string of the molecule is O=C(c1ccc2ccccc2n1)N1CC[C@@H]2CCCC[C@H]2C1. The van der Waals surface area contributed by atoms with Crippen LogP contribution in [0.3, 0.4) is 0 Å². The number of pyridine rings is 1. The van der Waals surface area contributed by atoms with Crippen LogP contribution in [0.25, 0.3) is 10.9 Å². The molecule has 1 saturated heterocycles. The molecule has 22 heavy (non-hydrogen) atoms. The Hall–Kier alpha value is -1.90. The standard InChI is InChI=1S/C19H22N2O/c22-19(18-10-9-15-6-3-4-8-17(15)20-18)21-12-11-14-5-1-2-7-16(14)13-21/h3-4,6,8-10,14,16H,1-2,5,7,11-13H2/t14-,16-/m0/s1. The summed E-state index contributed by atoms with van der Waals surface area (Å²) in [5, 5.41) is 1.09. The van der Waals surface area contributed by atoms with Gasteiger partial charge in [-0.2, -0.15) is 0 Å². The van der Waals surface area contributed by atoms with E-state index >= 15 is 0 Å². The van der Waals surface area contributed by atoms with Crippen LogP contribution in [0.1, 0.15) is 42.6 Å². The van der Waals surface area contributed by atoms with Crippen LogP contribution in [0.15, 0.2) is 36.4 Å². The van der Waals surface area contributed by atoms with Crippen molar-refractivity contribution in [2.24, 2.45) is 11.8 Å². The van der Waals surface area contributed by atoms with E-state index in [4.69, 9.17) is 0 Å². The van der Waals surface area contributed by atoms with Crippen molar-refractivity contribution in [3.8, 4) is 0 Å². The highest BCUT2D eigenvalue weighted by molar-refractivity contribution is 5.95. The molecule has 3 heteroatoms. The molecule has 3 nitrogen and oxygen atoms in total. The molecule has 0 unspecified atom stereocenters. The predicted octanol–water partition coefficient (Wildman–Crippen LogP) is 3.89. The van der Waals surface area contributed by atoms with Gasteiger partial charge in [0.2, 0.25) is 0 Å². The first-order valence-electron chi connectivity index (χ1n) is 8.46. The first-order valence-corrected chi connectivity index (χ1v) is 8.46. The minimum atomic E-state index is 0.106. The monoisotopic (exact) mass is 294 g/mol. The number of amides is 1. The van der Waals surface area contributed by atoms with Crippen LogP contribution in [-0.2, 0) is 0 Å². The number of likely N-dealkylation sites (tertiary alicyclic amines) is 1. The Morgan fingerprint density at radius 3 is 2.73 bits per heavy atom. The van der Waals surface area contributed by atoms with E-state index in [2.05, 4.69) is 4.98 Å². The van der Waals surface area contributed by atoms with Gasteiger partial charge in [0.1, 0.15) is 5.69 Å². The lowest BCUT2D eigenvalue weighted by Gasteiger charge is -2.41. The molecule has 1 aliphatic heterocycles. The minimum Gasteiger partial charge on any atom is -0.337 e. The molecule has 0 spiro atoms. The van der Waals surface area contributed by atoms with Crippen molar-refractivity contribution in [2.75, 3.05) is 13.1 Å². The lowest BCUT2D eigenvalue weighted by atomic mass is 9.75. The van der Waals surface area contributed by atoms with E-state index in [-0.39, 0.29) is 5.91 Å². The van der Waals surface area contributed by atoms with E-state index in [1.807, 2.05) is 41.3 Å². The normalized spacial score (nSPS) is 25.0. The number of nitrogens with zero attached hydrogens (tertiary/aromatic N) is 2. The number of benzene rings is 1.